The highest BCUT2D eigenvalue weighted by Crippen LogP contribution is 2.30. The number of pyridine rings is 1. The number of nitrogens with one attached hydrogen (secondary N) is 1. The lowest BCUT2D eigenvalue weighted by atomic mass is 9.81. The number of carbonyl (C=O) groups excluding carboxylic acids is 1. The third-order valence-corrected chi connectivity index (χ3v) is 4.35. The lowest BCUT2D eigenvalue weighted by Crippen LogP contribution is -2.32. The van der Waals surface area contributed by atoms with Crippen molar-refractivity contribution in [1.82, 2.24) is 10.3 Å². The first-order valence-electron chi connectivity index (χ1n) is 7.58. The van der Waals surface area contributed by atoms with Gasteiger partial charge in [-0.25, -0.2) is 4.79 Å². The molecule has 1 saturated carbocycles. The van der Waals surface area contributed by atoms with Crippen LogP contribution >= 0.6 is 0 Å². The summed E-state index contributed by atoms with van der Waals surface area (Å²) >= 11 is 0. The Morgan fingerprint density at radius 3 is 2.57 bits per heavy atom. The first-order chi connectivity index (χ1) is 10.1. The number of aromatic nitrogens is 1. The number of aromatic carboxylic acids is 1. The minimum absolute atomic E-state index is 0.00718. The maximum absolute atomic E-state index is 12.1. The summed E-state index contributed by atoms with van der Waals surface area (Å²) < 4.78 is 0. The summed E-state index contributed by atoms with van der Waals surface area (Å²) in [6.45, 7) is 2.83. The van der Waals surface area contributed by atoms with Crippen LogP contribution in [0.4, 0.5) is 0 Å². The van der Waals surface area contributed by atoms with E-state index in [9.17, 15) is 9.59 Å². The standard InChI is InChI=1S/C16H22N2O3/c1-2-11-5-7-12(8-6-11)10-18-15(19)14-13(16(20)21)4-3-9-17-14/h3-4,9,11-12H,2,5-8,10H2,1H3,(H,18,19)(H,20,21). The van der Waals surface area contributed by atoms with E-state index < -0.39 is 11.9 Å². The molecule has 1 heterocycles. The van der Waals surface area contributed by atoms with Crippen LogP contribution in [0.1, 0.15) is 59.9 Å². The highest BCUT2D eigenvalue weighted by Gasteiger charge is 2.22. The maximum Gasteiger partial charge on any atom is 0.338 e. The fraction of sp³-hybridized carbons (Fsp3) is 0.562. The largest absolute Gasteiger partial charge is 0.478 e. The molecule has 5 nitrogen and oxygen atoms in total. The molecule has 0 bridgehead atoms. The fourth-order valence-electron chi connectivity index (χ4n) is 2.92. The third-order valence-electron chi connectivity index (χ3n) is 4.35. The quantitative estimate of drug-likeness (QED) is 0.874. The Morgan fingerprint density at radius 2 is 1.95 bits per heavy atom. The summed E-state index contributed by atoms with van der Waals surface area (Å²) in [5.74, 6) is -0.206. The Hall–Kier alpha value is -1.91. The van der Waals surface area contributed by atoms with E-state index in [1.54, 1.807) is 0 Å². The van der Waals surface area contributed by atoms with Crippen molar-refractivity contribution < 1.29 is 14.7 Å². The average Bonchev–Trinajstić information content (AvgIpc) is 2.53. The second kappa shape index (κ2) is 7.20. The Bertz CT molecular complexity index is 508. The number of carboxylic acids is 1. The highest BCUT2D eigenvalue weighted by molar-refractivity contribution is 6.03. The molecule has 1 aliphatic rings. The van der Waals surface area contributed by atoms with E-state index in [1.165, 1.54) is 37.6 Å². The summed E-state index contributed by atoms with van der Waals surface area (Å²) in [7, 11) is 0. The molecule has 0 aliphatic heterocycles. The number of hydrogen-bond acceptors (Lipinski definition) is 3. The van der Waals surface area contributed by atoms with Crippen molar-refractivity contribution in [3.8, 4) is 0 Å². The number of nitrogens with zero attached hydrogens (tertiary/aromatic N) is 1. The highest BCUT2D eigenvalue weighted by atomic mass is 16.4. The van der Waals surface area contributed by atoms with Crippen LogP contribution in [-0.2, 0) is 0 Å². The summed E-state index contributed by atoms with van der Waals surface area (Å²) in [5, 5.41) is 11.9. The first kappa shape index (κ1) is 15.5. The van der Waals surface area contributed by atoms with Crippen LogP contribution in [0.5, 0.6) is 0 Å². The van der Waals surface area contributed by atoms with E-state index in [1.807, 2.05) is 0 Å². The van der Waals surface area contributed by atoms with Gasteiger partial charge in [0.05, 0.1) is 5.56 Å². The zero-order valence-corrected chi connectivity index (χ0v) is 12.3. The van der Waals surface area contributed by atoms with E-state index >= 15 is 0 Å². The minimum atomic E-state index is -1.13. The Labute approximate surface area is 124 Å². The maximum atomic E-state index is 12.1. The van der Waals surface area contributed by atoms with E-state index in [-0.39, 0.29) is 11.3 Å². The predicted molar refractivity (Wildman–Crippen MR) is 79.3 cm³/mol. The Kier molecular flexibility index (Phi) is 5.31. The van der Waals surface area contributed by atoms with Gasteiger partial charge in [-0.3, -0.25) is 9.78 Å². The van der Waals surface area contributed by atoms with Crippen molar-refractivity contribution in [2.45, 2.75) is 39.0 Å². The second-order valence-electron chi connectivity index (χ2n) is 5.71. The molecule has 5 heteroatoms. The molecular weight excluding hydrogens is 268 g/mol. The summed E-state index contributed by atoms with van der Waals surface area (Å²) in [4.78, 5) is 27.1. The van der Waals surface area contributed by atoms with Gasteiger partial charge in [0, 0.05) is 12.7 Å². The van der Waals surface area contributed by atoms with Crippen molar-refractivity contribution in [3.05, 3.63) is 29.6 Å². The van der Waals surface area contributed by atoms with Gasteiger partial charge in [-0.2, -0.15) is 0 Å². The summed E-state index contributed by atoms with van der Waals surface area (Å²) in [6, 6.07) is 2.92. The number of carbonyl (C=O) groups is 2. The van der Waals surface area contributed by atoms with Crippen molar-refractivity contribution >= 4 is 11.9 Å². The molecule has 1 fully saturated rings. The van der Waals surface area contributed by atoms with Gasteiger partial charge < -0.3 is 10.4 Å². The zero-order valence-electron chi connectivity index (χ0n) is 12.3. The monoisotopic (exact) mass is 290 g/mol. The Balaban J connectivity index is 1.89. The molecule has 0 saturated heterocycles. The normalized spacial score (nSPS) is 21.8. The van der Waals surface area contributed by atoms with E-state index in [0.717, 1.165) is 18.8 Å². The van der Waals surface area contributed by atoms with Gasteiger partial charge in [-0.05, 0) is 36.8 Å². The molecule has 0 radical (unpaired) electrons. The molecule has 1 aliphatic carbocycles. The van der Waals surface area contributed by atoms with Gasteiger partial charge in [0.1, 0.15) is 5.69 Å². The topological polar surface area (TPSA) is 79.3 Å². The van der Waals surface area contributed by atoms with Gasteiger partial charge in [-0.15, -0.1) is 0 Å². The van der Waals surface area contributed by atoms with Crippen LogP contribution in [0.3, 0.4) is 0 Å². The molecule has 2 rings (SSSR count). The number of hydrogen-bond donors (Lipinski definition) is 2. The van der Waals surface area contributed by atoms with E-state index in [0.29, 0.717) is 12.5 Å². The number of rotatable bonds is 5. The number of amides is 1. The SMILES string of the molecule is CCC1CCC(CNC(=O)c2ncccc2C(=O)O)CC1. The molecule has 21 heavy (non-hydrogen) atoms. The molecule has 0 aromatic carbocycles. The molecule has 0 atom stereocenters. The lowest BCUT2D eigenvalue weighted by Gasteiger charge is -2.27. The van der Waals surface area contributed by atoms with Crippen LogP contribution in [0, 0.1) is 11.8 Å². The smallest absolute Gasteiger partial charge is 0.338 e. The van der Waals surface area contributed by atoms with E-state index in [2.05, 4.69) is 17.2 Å². The second-order valence-corrected chi connectivity index (χ2v) is 5.71. The van der Waals surface area contributed by atoms with Crippen molar-refractivity contribution in [2.24, 2.45) is 11.8 Å². The van der Waals surface area contributed by atoms with Crippen LogP contribution < -0.4 is 5.32 Å². The molecular formula is C16H22N2O3. The van der Waals surface area contributed by atoms with Crippen LogP contribution in [-0.4, -0.2) is 28.5 Å². The van der Waals surface area contributed by atoms with Crippen molar-refractivity contribution in [3.63, 3.8) is 0 Å². The minimum Gasteiger partial charge on any atom is -0.478 e. The van der Waals surface area contributed by atoms with Crippen LogP contribution in [0.25, 0.3) is 0 Å². The van der Waals surface area contributed by atoms with Gasteiger partial charge in [0.25, 0.3) is 5.91 Å². The van der Waals surface area contributed by atoms with E-state index in [4.69, 9.17) is 5.11 Å². The average molecular weight is 290 g/mol. The zero-order chi connectivity index (χ0) is 15.2. The molecule has 1 aromatic heterocycles. The van der Waals surface area contributed by atoms with Crippen molar-refractivity contribution in [2.75, 3.05) is 6.54 Å². The predicted octanol–water partition coefficient (Wildman–Crippen LogP) is 2.73. The van der Waals surface area contributed by atoms with Crippen molar-refractivity contribution in [1.29, 1.82) is 0 Å². The third kappa shape index (κ3) is 4.03. The first-order valence-corrected chi connectivity index (χ1v) is 7.58. The molecule has 1 aromatic rings. The molecule has 114 valence electrons. The summed E-state index contributed by atoms with van der Waals surface area (Å²) in [6.07, 6.45) is 7.38. The lowest BCUT2D eigenvalue weighted by molar-refractivity contribution is 0.0689. The summed E-state index contributed by atoms with van der Waals surface area (Å²) in [5.41, 5.74) is -0.0584. The molecule has 1 amide bonds. The Morgan fingerprint density at radius 1 is 1.29 bits per heavy atom. The molecule has 2 N–H and O–H groups in total. The fourth-order valence-corrected chi connectivity index (χ4v) is 2.92. The number of carboxylic acid groups (broad SMARTS) is 1. The van der Waals surface area contributed by atoms with Gasteiger partial charge in [-0.1, -0.05) is 26.2 Å². The van der Waals surface area contributed by atoms with Gasteiger partial charge in [0.15, 0.2) is 0 Å². The molecule has 0 unspecified atom stereocenters. The van der Waals surface area contributed by atoms with Gasteiger partial charge >= 0.3 is 5.97 Å². The van der Waals surface area contributed by atoms with Gasteiger partial charge in [0.2, 0.25) is 0 Å². The molecule has 0 spiro atoms. The van der Waals surface area contributed by atoms with Crippen LogP contribution in [0.15, 0.2) is 18.3 Å². The van der Waals surface area contributed by atoms with Crippen LogP contribution in [0.2, 0.25) is 0 Å².